The minimum atomic E-state index is -3.38. The first-order chi connectivity index (χ1) is 11.9. The third kappa shape index (κ3) is 3.61. The molecule has 3 heterocycles. The normalized spacial score (nSPS) is 19.4. The van der Waals surface area contributed by atoms with Crippen molar-refractivity contribution in [1.82, 2.24) is 23.1 Å². The quantitative estimate of drug-likeness (QED) is 0.812. The molecule has 25 heavy (non-hydrogen) atoms. The van der Waals surface area contributed by atoms with Crippen molar-refractivity contribution in [3.8, 4) is 5.69 Å². The molecule has 0 aliphatic carbocycles. The fraction of sp³-hybridized carbons (Fsp3) is 0.529. The van der Waals surface area contributed by atoms with E-state index in [0.717, 1.165) is 36.5 Å². The van der Waals surface area contributed by atoms with Crippen molar-refractivity contribution in [2.75, 3.05) is 27.2 Å². The predicted molar refractivity (Wildman–Crippen MR) is 96.9 cm³/mol. The van der Waals surface area contributed by atoms with E-state index in [2.05, 4.69) is 27.5 Å². The van der Waals surface area contributed by atoms with Gasteiger partial charge in [0, 0.05) is 63.8 Å². The van der Waals surface area contributed by atoms with E-state index in [9.17, 15) is 8.42 Å². The Bertz CT molecular complexity index is 831. The summed E-state index contributed by atoms with van der Waals surface area (Å²) in [6.07, 6.45) is 8.17. The molecule has 1 fully saturated rings. The molecule has 136 valence electrons. The zero-order chi connectivity index (χ0) is 18.0. The van der Waals surface area contributed by atoms with E-state index < -0.39 is 10.2 Å². The SMILES string of the molecule is CCc1nccn1-c1ccnc([C@H]2CCCN(S(=O)(=O)N(C)C)C2)c1. The van der Waals surface area contributed by atoms with Gasteiger partial charge in [0.15, 0.2) is 0 Å². The van der Waals surface area contributed by atoms with E-state index in [-0.39, 0.29) is 5.92 Å². The average molecular weight is 363 g/mol. The standard InChI is InChI=1S/C17H25N5O2S/c1-4-17-19-9-11-22(17)15-7-8-18-16(12-15)14-6-5-10-21(13-14)25(23,24)20(2)3/h7-9,11-12,14H,4-6,10,13H2,1-3H3/t14-/m0/s1. The van der Waals surface area contributed by atoms with Crippen LogP contribution >= 0.6 is 0 Å². The van der Waals surface area contributed by atoms with Gasteiger partial charge in [-0.2, -0.15) is 17.0 Å². The summed E-state index contributed by atoms with van der Waals surface area (Å²) < 4.78 is 29.7. The summed E-state index contributed by atoms with van der Waals surface area (Å²) in [4.78, 5) is 8.89. The van der Waals surface area contributed by atoms with Crippen LogP contribution in [0.3, 0.4) is 0 Å². The van der Waals surface area contributed by atoms with Crippen molar-refractivity contribution in [2.45, 2.75) is 32.1 Å². The third-order valence-electron chi connectivity index (χ3n) is 4.67. The van der Waals surface area contributed by atoms with Gasteiger partial charge in [-0.05, 0) is 25.0 Å². The van der Waals surface area contributed by atoms with Gasteiger partial charge in [0.2, 0.25) is 0 Å². The highest BCUT2D eigenvalue weighted by Gasteiger charge is 2.31. The van der Waals surface area contributed by atoms with Crippen LogP contribution in [0.2, 0.25) is 0 Å². The Kier molecular flexibility index (Phi) is 5.21. The number of hydrogen-bond donors (Lipinski definition) is 0. The van der Waals surface area contributed by atoms with Gasteiger partial charge in [0.25, 0.3) is 10.2 Å². The Balaban J connectivity index is 1.86. The van der Waals surface area contributed by atoms with Crippen LogP contribution in [0.1, 0.15) is 37.2 Å². The lowest BCUT2D eigenvalue weighted by molar-refractivity contribution is 0.296. The minimum Gasteiger partial charge on any atom is -0.304 e. The Morgan fingerprint density at radius 3 is 2.80 bits per heavy atom. The van der Waals surface area contributed by atoms with Crippen LogP contribution in [0, 0.1) is 0 Å². The lowest BCUT2D eigenvalue weighted by atomic mass is 9.95. The molecule has 8 heteroatoms. The molecule has 1 aliphatic rings. The van der Waals surface area contributed by atoms with Gasteiger partial charge in [-0.1, -0.05) is 6.92 Å². The Labute approximate surface area is 149 Å². The molecule has 0 amide bonds. The lowest BCUT2D eigenvalue weighted by Crippen LogP contribution is -2.45. The van der Waals surface area contributed by atoms with E-state index in [1.165, 1.54) is 4.31 Å². The highest BCUT2D eigenvalue weighted by Crippen LogP contribution is 2.28. The van der Waals surface area contributed by atoms with Crippen LogP contribution in [-0.2, 0) is 16.6 Å². The maximum absolute atomic E-state index is 12.4. The van der Waals surface area contributed by atoms with Gasteiger partial charge in [-0.25, -0.2) is 4.98 Å². The molecule has 1 atom stereocenters. The Hall–Kier alpha value is -1.77. The van der Waals surface area contributed by atoms with Crippen LogP contribution in [0.15, 0.2) is 30.7 Å². The minimum absolute atomic E-state index is 0.108. The largest absolute Gasteiger partial charge is 0.304 e. The molecule has 0 spiro atoms. The first-order valence-electron chi connectivity index (χ1n) is 8.59. The van der Waals surface area contributed by atoms with E-state index in [4.69, 9.17) is 0 Å². The van der Waals surface area contributed by atoms with Crippen LogP contribution in [0.5, 0.6) is 0 Å². The van der Waals surface area contributed by atoms with Crippen molar-refractivity contribution in [3.05, 3.63) is 42.2 Å². The molecule has 0 radical (unpaired) electrons. The summed E-state index contributed by atoms with van der Waals surface area (Å²) in [5.74, 6) is 1.11. The second kappa shape index (κ2) is 7.23. The predicted octanol–water partition coefficient (Wildman–Crippen LogP) is 1.82. The molecule has 2 aromatic rings. The number of rotatable bonds is 5. The zero-order valence-electron chi connectivity index (χ0n) is 15.0. The Morgan fingerprint density at radius 1 is 1.28 bits per heavy atom. The maximum atomic E-state index is 12.4. The summed E-state index contributed by atoms with van der Waals surface area (Å²) in [6.45, 7) is 3.12. The number of piperidine rings is 1. The molecule has 1 aliphatic heterocycles. The summed E-state index contributed by atoms with van der Waals surface area (Å²) in [7, 11) is -0.236. The van der Waals surface area contributed by atoms with E-state index >= 15 is 0 Å². The van der Waals surface area contributed by atoms with Gasteiger partial charge >= 0.3 is 0 Å². The van der Waals surface area contributed by atoms with Crippen LogP contribution in [-0.4, -0.2) is 58.7 Å². The number of aryl methyl sites for hydroxylation is 1. The molecule has 0 bridgehead atoms. The molecule has 1 saturated heterocycles. The van der Waals surface area contributed by atoms with Crippen LogP contribution in [0.25, 0.3) is 5.69 Å². The van der Waals surface area contributed by atoms with Gasteiger partial charge < -0.3 is 4.57 Å². The molecule has 7 nitrogen and oxygen atoms in total. The Morgan fingerprint density at radius 2 is 2.08 bits per heavy atom. The van der Waals surface area contributed by atoms with E-state index in [0.29, 0.717) is 13.1 Å². The summed E-state index contributed by atoms with van der Waals surface area (Å²) in [5, 5.41) is 0. The molecule has 0 N–H and O–H groups in total. The lowest BCUT2D eigenvalue weighted by Gasteiger charge is -2.33. The fourth-order valence-electron chi connectivity index (χ4n) is 3.27. The van der Waals surface area contributed by atoms with E-state index in [1.807, 2.05) is 12.3 Å². The van der Waals surface area contributed by atoms with Crippen LogP contribution in [0.4, 0.5) is 0 Å². The summed E-state index contributed by atoms with van der Waals surface area (Å²) in [5.41, 5.74) is 1.96. The molecule has 3 rings (SSSR count). The molecule has 0 unspecified atom stereocenters. The van der Waals surface area contributed by atoms with Crippen molar-refractivity contribution in [1.29, 1.82) is 0 Å². The topological polar surface area (TPSA) is 71.3 Å². The maximum Gasteiger partial charge on any atom is 0.281 e. The fourth-order valence-corrected chi connectivity index (χ4v) is 4.46. The summed E-state index contributed by atoms with van der Waals surface area (Å²) in [6, 6.07) is 4.01. The second-order valence-corrected chi connectivity index (χ2v) is 8.64. The number of aromatic nitrogens is 3. The number of pyridine rings is 1. The number of imidazole rings is 1. The van der Waals surface area contributed by atoms with Gasteiger partial charge in [-0.3, -0.25) is 4.98 Å². The first-order valence-corrected chi connectivity index (χ1v) is 9.99. The second-order valence-electron chi connectivity index (χ2n) is 6.49. The van der Waals surface area contributed by atoms with Gasteiger partial charge in [0.1, 0.15) is 5.82 Å². The smallest absolute Gasteiger partial charge is 0.281 e. The molecule has 2 aromatic heterocycles. The first kappa shape index (κ1) is 18.0. The van der Waals surface area contributed by atoms with Crippen molar-refractivity contribution >= 4 is 10.2 Å². The monoisotopic (exact) mass is 363 g/mol. The number of nitrogens with zero attached hydrogens (tertiary/aromatic N) is 5. The average Bonchev–Trinajstić information content (AvgIpc) is 3.10. The zero-order valence-corrected chi connectivity index (χ0v) is 15.8. The number of hydrogen-bond acceptors (Lipinski definition) is 4. The molecular weight excluding hydrogens is 338 g/mol. The van der Waals surface area contributed by atoms with Crippen molar-refractivity contribution in [2.24, 2.45) is 0 Å². The molecule has 0 aromatic carbocycles. The highest BCUT2D eigenvalue weighted by molar-refractivity contribution is 7.86. The van der Waals surface area contributed by atoms with Crippen LogP contribution < -0.4 is 0 Å². The summed E-state index contributed by atoms with van der Waals surface area (Å²) >= 11 is 0. The van der Waals surface area contributed by atoms with Crippen molar-refractivity contribution < 1.29 is 8.42 Å². The molecule has 0 saturated carbocycles. The van der Waals surface area contributed by atoms with E-state index in [1.54, 1.807) is 30.8 Å². The van der Waals surface area contributed by atoms with Gasteiger partial charge in [-0.15, -0.1) is 0 Å². The molecular formula is C17H25N5O2S. The third-order valence-corrected chi connectivity index (χ3v) is 6.57. The van der Waals surface area contributed by atoms with Gasteiger partial charge in [0.05, 0.1) is 5.69 Å². The highest BCUT2D eigenvalue weighted by atomic mass is 32.2. The van der Waals surface area contributed by atoms with Crippen molar-refractivity contribution in [3.63, 3.8) is 0 Å².